The third-order valence-corrected chi connectivity index (χ3v) is 4.12. The van der Waals surface area contributed by atoms with Crippen molar-refractivity contribution in [1.82, 2.24) is 9.80 Å². The predicted octanol–water partition coefficient (Wildman–Crippen LogP) is 1.46. The van der Waals surface area contributed by atoms with Crippen LogP contribution in [0.3, 0.4) is 0 Å². The number of rotatable bonds is 5. The third kappa shape index (κ3) is 3.88. The zero-order chi connectivity index (χ0) is 17.0. The zero-order valence-corrected chi connectivity index (χ0v) is 13.5. The molecule has 2 rings (SSSR count). The number of amides is 2. The summed E-state index contributed by atoms with van der Waals surface area (Å²) in [7, 11) is 3.35. The van der Waals surface area contributed by atoms with Crippen molar-refractivity contribution in [3.05, 3.63) is 35.4 Å². The van der Waals surface area contributed by atoms with Gasteiger partial charge >= 0.3 is 5.97 Å². The molecule has 0 radical (unpaired) electrons. The second-order valence-corrected chi connectivity index (χ2v) is 5.92. The maximum absolute atomic E-state index is 12.4. The zero-order valence-electron chi connectivity index (χ0n) is 13.5. The van der Waals surface area contributed by atoms with Crippen LogP contribution in [-0.4, -0.2) is 53.3 Å². The van der Waals surface area contributed by atoms with Gasteiger partial charge in [0.05, 0.1) is 0 Å². The summed E-state index contributed by atoms with van der Waals surface area (Å²) in [4.78, 5) is 38.5. The Morgan fingerprint density at radius 1 is 1.22 bits per heavy atom. The molecule has 1 N–H and O–H groups in total. The lowest BCUT2D eigenvalue weighted by atomic mass is 9.92. The van der Waals surface area contributed by atoms with Crippen LogP contribution < -0.4 is 0 Å². The molecular formula is C17H22N2O4. The van der Waals surface area contributed by atoms with Crippen LogP contribution in [0.2, 0.25) is 0 Å². The van der Waals surface area contributed by atoms with Gasteiger partial charge in [0, 0.05) is 33.5 Å². The largest absolute Gasteiger partial charge is 0.479 e. The number of aliphatic carboxylic acids is 1. The van der Waals surface area contributed by atoms with E-state index in [4.69, 9.17) is 0 Å². The molecule has 1 atom stereocenters. The Balaban J connectivity index is 2.05. The van der Waals surface area contributed by atoms with Crippen LogP contribution in [0.15, 0.2) is 24.3 Å². The summed E-state index contributed by atoms with van der Waals surface area (Å²) in [5, 5.41) is 9.54. The van der Waals surface area contributed by atoms with E-state index >= 15 is 0 Å². The molecule has 0 saturated heterocycles. The van der Waals surface area contributed by atoms with Crippen molar-refractivity contribution in [3.63, 3.8) is 0 Å². The summed E-state index contributed by atoms with van der Waals surface area (Å²) in [6, 6.07) is 6.41. The van der Waals surface area contributed by atoms with Gasteiger partial charge in [-0.15, -0.1) is 0 Å². The first-order valence-electron chi connectivity index (χ1n) is 7.72. The average molecular weight is 318 g/mol. The van der Waals surface area contributed by atoms with Gasteiger partial charge in [0.15, 0.2) is 6.04 Å². The molecular weight excluding hydrogens is 296 g/mol. The van der Waals surface area contributed by atoms with Gasteiger partial charge in [-0.2, -0.15) is 0 Å². The van der Waals surface area contributed by atoms with E-state index < -0.39 is 12.0 Å². The molecule has 1 aromatic rings. The highest BCUT2D eigenvalue weighted by molar-refractivity contribution is 5.86. The lowest BCUT2D eigenvalue weighted by Gasteiger charge is -2.34. The Hall–Kier alpha value is -2.37. The summed E-state index contributed by atoms with van der Waals surface area (Å²) in [5.74, 6) is -1.26. The van der Waals surface area contributed by atoms with Crippen LogP contribution in [0.4, 0.5) is 0 Å². The van der Waals surface area contributed by atoms with Crippen LogP contribution in [0.5, 0.6) is 0 Å². The van der Waals surface area contributed by atoms with E-state index in [0.717, 1.165) is 5.56 Å². The highest BCUT2D eigenvalue weighted by Crippen LogP contribution is 2.30. The van der Waals surface area contributed by atoms with Crippen LogP contribution in [0.1, 0.15) is 36.4 Å². The SMILES string of the molecule is CN(C)C(=O)CCCC(=O)N1CCc2ccccc2C1C(=O)O. The molecule has 1 aliphatic rings. The fraction of sp³-hybridized carbons (Fsp3) is 0.471. The quantitative estimate of drug-likeness (QED) is 0.891. The highest BCUT2D eigenvalue weighted by atomic mass is 16.4. The fourth-order valence-electron chi connectivity index (χ4n) is 2.86. The van der Waals surface area contributed by atoms with Crippen LogP contribution in [0.25, 0.3) is 0 Å². The van der Waals surface area contributed by atoms with E-state index in [1.807, 2.05) is 12.1 Å². The maximum atomic E-state index is 12.4. The summed E-state index contributed by atoms with van der Waals surface area (Å²) in [6.45, 7) is 0.397. The van der Waals surface area contributed by atoms with E-state index in [0.29, 0.717) is 31.4 Å². The van der Waals surface area contributed by atoms with Crippen molar-refractivity contribution in [3.8, 4) is 0 Å². The smallest absolute Gasteiger partial charge is 0.331 e. The molecule has 6 nitrogen and oxygen atoms in total. The van der Waals surface area contributed by atoms with Gasteiger partial charge in [-0.05, 0) is 24.0 Å². The number of carboxylic acids is 1. The molecule has 23 heavy (non-hydrogen) atoms. The Bertz CT molecular complexity index is 612. The first-order valence-corrected chi connectivity index (χ1v) is 7.72. The van der Waals surface area contributed by atoms with Gasteiger partial charge in [-0.1, -0.05) is 24.3 Å². The topological polar surface area (TPSA) is 77.9 Å². The number of carbonyl (C=O) groups excluding carboxylic acids is 2. The van der Waals surface area contributed by atoms with Crippen molar-refractivity contribution in [2.75, 3.05) is 20.6 Å². The minimum atomic E-state index is -1.02. The fourth-order valence-corrected chi connectivity index (χ4v) is 2.86. The number of carbonyl (C=O) groups is 3. The van der Waals surface area contributed by atoms with Gasteiger partial charge in [0.25, 0.3) is 0 Å². The Morgan fingerprint density at radius 2 is 1.91 bits per heavy atom. The number of benzene rings is 1. The average Bonchev–Trinajstić information content (AvgIpc) is 2.53. The molecule has 1 aromatic carbocycles. The van der Waals surface area contributed by atoms with E-state index in [2.05, 4.69) is 0 Å². The Morgan fingerprint density at radius 3 is 2.57 bits per heavy atom. The van der Waals surface area contributed by atoms with Gasteiger partial charge in [-0.3, -0.25) is 9.59 Å². The van der Waals surface area contributed by atoms with Gasteiger partial charge in [0.2, 0.25) is 11.8 Å². The summed E-state index contributed by atoms with van der Waals surface area (Å²) in [6.07, 6.45) is 1.56. The van der Waals surface area contributed by atoms with Crippen molar-refractivity contribution in [1.29, 1.82) is 0 Å². The van der Waals surface area contributed by atoms with Crippen LogP contribution in [0, 0.1) is 0 Å². The van der Waals surface area contributed by atoms with Gasteiger partial charge in [-0.25, -0.2) is 4.79 Å². The number of nitrogens with zero attached hydrogens (tertiary/aromatic N) is 2. The van der Waals surface area contributed by atoms with E-state index in [9.17, 15) is 19.5 Å². The monoisotopic (exact) mass is 318 g/mol. The number of fused-ring (bicyclic) bond motifs is 1. The Kier molecular flexibility index (Phi) is 5.36. The number of hydrogen-bond donors (Lipinski definition) is 1. The van der Waals surface area contributed by atoms with E-state index in [-0.39, 0.29) is 18.2 Å². The molecule has 2 amide bonds. The van der Waals surface area contributed by atoms with Crippen molar-refractivity contribution in [2.24, 2.45) is 0 Å². The molecule has 1 heterocycles. The van der Waals surface area contributed by atoms with E-state index in [1.54, 1.807) is 26.2 Å². The molecule has 1 unspecified atom stereocenters. The maximum Gasteiger partial charge on any atom is 0.331 e. The summed E-state index contributed by atoms with van der Waals surface area (Å²) < 4.78 is 0. The number of carboxylic acid groups (broad SMARTS) is 1. The molecule has 0 bridgehead atoms. The molecule has 1 aliphatic heterocycles. The highest BCUT2D eigenvalue weighted by Gasteiger charge is 2.35. The molecule has 0 aliphatic carbocycles. The summed E-state index contributed by atoms with van der Waals surface area (Å²) >= 11 is 0. The molecule has 0 fully saturated rings. The van der Waals surface area contributed by atoms with Crippen molar-refractivity contribution >= 4 is 17.8 Å². The molecule has 6 heteroatoms. The van der Waals surface area contributed by atoms with E-state index in [1.165, 1.54) is 9.80 Å². The third-order valence-electron chi connectivity index (χ3n) is 4.12. The predicted molar refractivity (Wildman–Crippen MR) is 84.8 cm³/mol. The first-order chi connectivity index (χ1) is 10.9. The molecule has 0 saturated carbocycles. The number of hydrogen-bond acceptors (Lipinski definition) is 3. The van der Waals surface area contributed by atoms with Crippen molar-refractivity contribution in [2.45, 2.75) is 31.7 Å². The van der Waals surface area contributed by atoms with Gasteiger partial charge in [0.1, 0.15) is 0 Å². The van der Waals surface area contributed by atoms with Crippen LogP contribution in [-0.2, 0) is 20.8 Å². The lowest BCUT2D eigenvalue weighted by molar-refractivity contribution is -0.151. The van der Waals surface area contributed by atoms with Crippen molar-refractivity contribution < 1.29 is 19.5 Å². The molecule has 0 spiro atoms. The standard InChI is InChI=1S/C17H22N2O4/c1-18(2)14(20)8-5-9-15(21)19-11-10-12-6-3-4-7-13(12)16(19)17(22)23/h3-4,6-7,16H,5,8-11H2,1-2H3,(H,22,23). The summed E-state index contributed by atoms with van der Waals surface area (Å²) in [5.41, 5.74) is 1.66. The molecule has 124 valence electrons. The Labute approximate surface area is 135 Å². The lowest BCUT2D eigenvalue weighted by Crippen LogP contribution is -2.43. The molecule has 0 aromatic heterocycles. The van der Waals surface area contributed by atoms with Crippen LogP contribution >= 0.6 is 0 Å². The minimum absolute atomic E-state index is 0.0309. The second-order valence-electron chi connectivity index (χ2n) is 5.92. The first kappa shape index (κ1) is 17.0. The second kappa shape index (κ2) is 7.26. The normalized spacial score (nSPS) is 16.6. The van der Waals surface area contributed by atoms with Gasteiger partial charge < -0.3 is 14.9 Å². The minimum Gasteiger partial charge on any atom is -0.479 e.